The van der Waals surface area contributed by atoms with Crippen molar-refractivity contribution in [3.05, 3.63) is 53.9 Å². The van der Waals surface area contributed by atoms with E-state index in [2.05, 4.69) is 25.9 Å². The molecule has 9 nitrogen and oxygen atoms in total. The molecule has 29 heavy (non-hydrogen) atoms. The standard InChI is InChI=1S/C19H22N6O3.ClH/c1-20-17(13-9-21-25(2)10-13)18(26)22-14-5-7-15(8-6-14)27-11-16-23-19(28-24-16)12-3-4-12;/h5-10,12,17,20H,3-4,11H2,1-2H3,(H,22,26);1H. The minimum atomic E-state index is -0.483. The Morgan fingerprint density at radius 2 is 2.10 bits per heavy atom. The van der Waals surface area contributed by atoms with Crippen molar-refractivity contribution < 1.29 is 14.1 Å². The minimum Gasteiger partial charge on any atom is -0.485 e. The van der Waals surface area contributed by atoms with Crippen LogP contribution < -0.4 is 15.4 Å². The van der Waals surface area contributed by atoms with Crippen molar-refractivity contribution in [2.24, 2.45) is 7.05 Å². The molecule has 1 fully saturated rings. The van der Waals surface area contributed by atoms with Crippen LogP contribution in [0.1, 0.15) is 42.1 Å². The molecule has 1 aromatic carbocycles. The summed E-state index contributed by atoms with van der Waals surface area (Å²) in [6, 6.07) is 6.67. The molecule has 154 valence electrons. The molecular weight excluding hydrogens is 396 g/mol. The summed E-state index contributed by atoms with van der Waals surface area (Å²) in [6.07, 6.45) is 5.71. The largest absolute Gasteiger partial charge is 0.485 e. The number of amides is 1. The lowest BCUT2D eigenvalue weighted by atomic mass is 10.1. The maximum atomic E-state index is 12.5. The van der Waals surface area contributed by atoms with Gasteiger partial charge in [0, 0.05) is 30.4 Å². The lowest BCUT2D eigenvalue weighted by Gasteiger charge is -2.14. The number of nitrogens with one attached hydrogen (secondary N) is 2. The quantitative estimate of drug-likeness (QED) is 0.578. The van der Waals surface area contributed by atoms with Crippen LogP contribution in [-0.4, -0.2) is 32.9 Å². The van der Waals surface area contributed by atoms with E-state index in [1.165, 1.54) is 0 Å². The van der Waals surface area contributed by atoms with Gasteiger partial charge >= 0.3 is 0 Å². The number of rotatable bonds is 8. The van der Waals surface area contributed by atoms with Crippen LogP contribution in [0.25, 0.3) is 0 Å². The third-order valence-corrected chi connectivity index (χ3v) is 4.51. The number of carbonyl (C=O) groups excluding carboxylic acids is 1. The zero-order valence-corrected chi connectivity index (χ0v) is 17.0. The van der Waals surface area contributed by atoms with Crippen molar-refractivity contribution in [3.63, 3.8) is 0 Å². The van der Waals surface area contributed by atoms with Gasteiger partial charge in [0.2, 0.25) is 17.6 Å². The average molecular weight is 419 g/mol. The first-order valence-corrected chi connectivity index (χ1v) is 9.14. The molecular formula is C19H23ClN6O3. The third-order valence-electron chi connectivity index (χ3n) is 4.51. The summed E-state index contributed by atoms with van der Waals surface area (Å²) in [7, 11) is 3.55. The van der Waals surface area contributed by atoms with Gasteiger partial charge < -0.3 is 19.9 Å². The number of likely N-dealkylation sites (N-methyl/N-ethyl adjacent to an activating group) is 1. The van der Waals surface area contributed by atoms with Crippen molar-refractivity contribution in [2.45, 2.75) is 31.4 Å². The fourth-order valence-electron chi connectivity index (χ4n) is 2.86. The second kappa shape index (κ2) is 9.06. The summed E-state index contributed by atoms with van der Waals surface area (Å²) in [6.45, 7) is 0.241. The van der Waals surface area contributed by atoms with E-state index < -0.39 is 6.04 Å². The van der Waals surface area contributed by atoms with Crippen LogP contribution in [-0.2, 0) is 18.4 Å². The van der Waals surface area contributed by atoms with E-state index in [-0.39, 0.29) is 24.9 Å². The Kier molecular flexibility index (Phi) is 6.50. The Hall–Kier alpha value is -2.91. The van der Waals surface area contributed by atoms with E-state index in [9.17, 15) is 4.79 Å². The Balaban J connectivity index is 0.00000240. The topological polar surface area (TPSA) is 107 Å². The van der Waals surface area contributed by atoms with Gasteiger partial charge in [0.25, 0.3) is 0 Å². The van der Waals surface area contributed by atoms with E-state index in [1.807, 2.05) is 13.2 Å². The van der Waals surface area contributed by atoms with Crippen LogP contribution in [0, 0.1) is 0 Å². The molecule has 1 amide bonds. The molecule has 3 aromatic rings. The molecule has 1 atom stereocenters. The van der Waals surface area contributed by atoms with Gasteiger partial charge in [-0.3, -0.25) is 9.48 Å². The second-order valence-corrected chi connectivity index (χ2v) is 6.79. The summed E-state index contributed by atoms with van der Waals surface area (Å²) >= 11 is 0. The molecule has 1 aliphatic rings. The number of aromatic nitrogens is 4. The van der Waals surface area contributed by atoms with Gasteiger partial charge in [-0.1, -0.05) is 5.16 Å². The summed E-state index contributed by atoms with van der Waals surface area (Å²) in [5.74, 6) is 2.16. The first-order chi connectivity index (χ1) is 13.6. The number of halogens is 1. The molecule has 0 aliphatic heterocycles. The number of hydrogen-bond donors (Lipinski definition) is 2. The van der Waals surface area contributed by atoms with Crippen molar-refractivity contribution in [3.8, 4) is 5.75 Å². The number of aryl methyl sites for hydroxylation is 1. The lowest BCUT2D eigenvalue weighted by molar-refractivity contribution is -0.118. The van der Waals surface area contributed by atoms with Crippen LogP contribution >= 0.6 is 12.4 Å². The maximum absolute atomic E-state index is 12.5. The highest BCUT2D eigenvalue weighted by molar-refractivity contribution is 5.95. The van der Waals surface area contributed by atoms with E-state index >= 15 is 0 Å². The Labute approximate surface area is 174 Å². The Bertz CT molecular complexity index is 951. The zero-order valence-electron chi connectivity index (χ0n) is 16.2. The molecule has 1 aliphatic carbocycles. The fraction of sp³-hybridized carbons (Fsp3) is 0.368. The first kappa shape index (κ1) is 20.8. The van der Waals surface area contributed by atoms with Crippen molar-refractivity contribution >= 4 is 24.0 Å². The van der Waals surface area contributed by atoms with E-state index in [1.54, 1.807) is 42.2 Å². The molecule has 2 heterocycles. The van der Waals surface area contributed by atoms with E-state index in [0.29, 0.717) is 29.1 Å². The van der Waals surface area contributed by atoms with Crippen LogP contribution in [0.5, 0.6) is 5.75 Å². The van der Waals surface area contributed by atoms with Gasteiger partial charge in [0.05, 0.1) is 6.20 Å². The van der Waals surface area contributed by atoms with Gasteiger partial charge in [-0.05, 0) is 44.2 Å². The highest BCUT2D eigenvalue weighted by atomic mass is 35.5. The summed E-state index contributed by atoms with van der Waals surface area (Å²) in [5.41, 5.74) is 1.48. The van der Waals surface area contributed by atoms with Crippen LogP contribution in [0.2, 0.25) is 0 Å². The lowest BCUT2D eigenvalue weighted by Crippen LogP contribution is -2.30. The number of benzene rings is 1. The SMILES string of the molecule is CNC(C(=O)Nc1ccc(OCc2noc(C3CC3)n2)cc1)c1cnn(C)c1.Cl. The minimum absolute atomic E-state index is 0. The van der Waals surface area contributed by atoms with Gasteiger partial charge in [0.15, 0.2) is 6.61 Å². The summed E-state index contributed by atoms with van der Waals surface area (Å²) < 4.78 is 12.6. The highest BCUT2D eigenvalue weighted by Gasteiger charge is 2.29. The highest BCUT2D eigenvalue weighted by Crippen LogP contribution is 2.38. The van der Waals surface area contributed by atoms with Crippen LogP contribution in [0.4, 0.5) is 5.69 Å². The second-order valence-electron chi connectivity index (χ2n) is 6.79. The molecule has 10 heteroatoms. The molecule has 0 radical (unpaired) electrons. The number of carbonyl (C=O) groups is 1. The number of nitrogens with zero attached hydrogens (tertiary/aromatic N) is 4. The maximum Gasteiger partial charge on any atom is 0.246 e. The molecule has 4 rings (SSSR count). The van der Waals surface area contributed by atoms with Gasteiger partial charge in [-0.25, -0.2) is 0 Å². The van der Waals surface area contributed by atoms with Crippen molar-refractivity contribution in [2.75, 3.05) is 12.4 Å². The Morgan fingerprint density at radius 1 is 1.34 bits per heavy atom. The molecule has 0 bridgehead atoms. The summed E-state index contributed by atoms with van der Waals surface area (Å²) in [4.78, 5) is 16.9. The summed E-state index contributed by atoms with van der Waals surface area (Å²) in [5, 5.41) is 13.9. The number of ether oxygens (including phenoxy) is 1. The predicted molar refractivity (Wildman–Crippen MR) is 108 cm³/mol. The normalized spacial score (nSPS) is 14.1. The molecule has 0 spiro atoms. The third kappa shape index (κ3) is 5.12. The van der Waals surface area contributed by atoms with Crippen molar-refractivity contribution in [1.82, 2.24) is 25.2 Å². The molecule has 0 saturated heterocycles. The average Bonchev–Trinajstić information content (AvgIpc) is 3.29. The van der Waals surface area contributed by atoms with Crippen LogP contribution in [0.15, 0.2) is 41.2 Å². The first-order valence-electron chi connectivity index (χ1n) is 9.14. The smallest absolute Gasteiger partial charge is 0.246 e. The van der Waals surface area contributed by atoms with Crippen molar-refractivity contribution in [1.29, 1.82) is 0 Å². The van der Waals surface area contributed by atoms with Gasteiger partial charge in [-0.15, -0.1) is 12.4 Å². The van der Waals surface area contributed by atoms with E-state index in [4.69, 9.17) is 9.26 Å². The fourth-order valence-corrected chi connectivity index (χ4v) is 2.86. The number of anilines is 1. The van der Waals surface area contributed by atoms with Crippen LogP contribution in [0.3, 0.4) is 0 Å². The monoisotopic (exact) mass is 418 g/mol. The molecule has 2 aromatic heterocycles. The molecule has 1 saturated carbocycles. The predicted octanol–water partition coefficient (Wildman–Crippen LogP) is 2.58. The molecule has 2 N–H and O–H groups in total. The van der Waals surface area contributed by atoms with Gasteiger partial charge in [0.1, 0.15) is 11.8 Å². The van der Waals surface area contributed by atoms with E-state index in [0.717, 1.165) is 18.4 Å². The zero-order chi connectivity index (χ0) is 19.5. The Morgan fingerprint density at radius 3 is 2.72 bits per heavy atom. The molecule has 1 unspecified atom stereocenters. The van der Waals surface area contributed by atoms with Gasteiger partial charge in [-0.2, -0.15) is 10.1 Å². The number of hydrogen-bond acceptors (Lipinski definition) is 7.